The van der Waals surface area contributed by atoms with E-state index in [2.05, 4.69) is 11.4 Å². The van der Waals surface area contributed by atoms with E-state index in [0.29, 0.717) is 0 Å². The molecular weight excluding hydrogens is 176 g/mol. The van der Waals surface area contributed by atoms with Crippen LogP contribution in [0.2, 0.25) is 0 Å². The summed E-state index contributed by atoms with van der Waals surface area (Å²) in [4.78, 5) is 0. The van der Waals surface area contributed by atoms with Crippen LogP contribution in [0.3, 0.4) is 0 Å². The molecule has 0 bridgehead atoms. The first-order chi connectivity index (χ1) is 6.86. The van der Waals surface area contributed by atoms with Crippen molar-refractivity contribution in [1.82, 2.24) is 5.32 Å². The summed E-state index contributed by atoms with van der Waals surface area (Å²) in [6.07, 6.45) is 0. The predicted molar refractivity (Wildman–Crippen MR) is 52.6 cm³/mol. The van der Waals surface area contributed by atoms with E-state index in [9.17, 15) is 0 Å². The molecule has 0 aromatic heterocycles. The Labute approximate surface area is 83.0 Å². The van der Waals surface area contributed by atoms with Crippen LogP contribution in [0.4, 0.5) is 0 Å². The Balaban J connectivity index is 2.20. The molecule has 1 fully saturated rings. The summed E-state index contributed by atoms with van der Waals surface area (Å²) in [5, 5.41) is 20.9. The number of aliphatic hydroxyl groups excluding tert-OH is 1. The third-order valence-electron chi connectivity index (χ3n) is 2.71. The van der Waals surface area contributed by atoms with E-state index < -0.39 is 0 Å². The van der Waals surface area contributed by atoms with Gasteiger partial charge in [-0.05, 0) is 5.56 Å². The molecule has 0 unspecified atom stereocenters. The smallest absolute Gasteiger partial charge is 0.104 e. The van der Waals surface area contributed by atoms with Gasteiger partial charge in [0, 0.05) is 12.0 Å². The Bertz CT molecular complexity index is 344. The first-order valence-electron chi connectivity index (χ1n) is 4.68. The molecule has 0 radical (unpaired) electrons. The van der Waals surface area contributed by atoms with Gasteiger partial charge in [-0.3, -0.25) is 5.32 Å². The minimum Gasteiger partial charge on any atom is -0.395 e. The van der Waals surface area contributed by atoms with Crippen LogP contribution >= 0.6 is 0 Å². The minimum absolute atomic E-state index is 0.0297. The van der Waals surface area contributed by atoms with Crippen molar-refractivity contribution in [2.24, 2.45) is 0 Å². The van der Waals surface area contributed by atoms with Gasteiger partial charge in [0.15, 0.2) is 0 Å². The summed E-state index contributed by atoms with van der Waals surface area (Å²) in [7, 11) is 0. The van der Waals surface area contributed by atoms with Gasteiger partial charge in [-0.25, -0.2) is 0 Å². The van der Waals surface area contributed by atoms with E-state index in [-0.39, 0.29) is 24.6 Å². The van der Waals surface area contributed by atoms with Crippen molar-refractivity contribution in [2.75, 3.05) is 6.61 Å². The van der Waals surface area contributed by atoms with E-state index in [0.717, 1.165) is 5.56 Å². The first-order valence-corrected chi connectivity index (χ1v) is 4.68. The van der Waals surface area contributed by atoms with Crippen LogP contribution in [0.1, 0.15) is 11.5 Å². The normalized spacial score (nSPS) is 30.4. The lowest BCUT2D eigenvalue weighted by Crippen LogP contribution is -2.60. The summed E-state index contributed by atoms with van der Waals surface area (Å²) >= 11 is 0. The molecule has 0 amide bonds. The molecule has 1 aliphatic rings. The molecule has 2 rings (SSSR count). The maximum Gasteiger partial charge on any atom is 0.104 e. The molecule has 0 spiro atoms. The zero-order chi connectivity index (χ0) is 9.97. The predicted octanol–water partition coefficient (Wildman–Crippen LogP) is 0.626. The SMILES string of the molecule is N#C[C@H]1N[C@H](CO)[C@@H]1c1ccccc1. The van der Waals surface area contributed by atoms with Crippen molar-refractivity contribution in [2.45, 2.75) is 18.0 Å². The number of nitriles is 1. The molecule has 14 heavy (non-hydrogen) atoms. The largest absolute Gasteiger partial charge is 0.395 e. The van der Waals surface area contributed by atoms with Crippen LogP contribution < -0.4 is 5.32 Å². The van der Waals surface area contributed by atoms with Gasteiger partial charge in [-0.2, -0.15) is 5.26 Å². The van der Waals surface area contributed by atoms with Gasteiger partial charge >= 0.3 is 0 Å². The Morgan fingerprint density at radius 3 is 2.64 bits per heavy atom. The summed E-state index contributed by atoms with van der Waals surface area (Å²) in [6.45, 7) is 0.0811. The number of rotatable bonds is 2. The minimum atomic E-state index is -0.158. The topological polar surface area (TPSA) is 56.0 Å². The molecule has 1 saturated heterocycles. The van der Waals surface area contributed by atoms with E-state index in [4.69, 9.17) is 10.4 Å². The van der Waals surface area contributed by atoms with Crippen LogP contribution in [-0.4, -0.2) is 23.8 Å². The second-order valence-electron chi connectivity index (χ2n) is 3.50. The fraction of sp³-hybridized carbons (Fsp3) is 0.364. The van der Waals surface area contributed by atoms with Gasteiger partial charge in [-0.1, -0.05) is 30.3 Å². The van der Waals surface area contributed by atoms with Crippen LogP contribution in [0.15, 0.2) is 30.3 Å². The highest BCUT2D eigenvalue weighted by Crippen LogP contribution is 2.31. The molecule has 0 aliphatic carbocycles. The number of aliphatic hydroxyl groups is 1. The van der Waals surface area contributed by atoms with Crippen LogP contribution in [-0.2, 0) is 0 Å². The standard InChI is InChI=1S/C11H12N2O/c12-6-9-11(10(7-14)13-9)8-4-2-1-3-5-8/h1-5,9-11,13-14H,7H2/t9-,10-,11-/m1/s1. The third-order valence-corrected chi connectivity index (χ3v) is 2.71. The van der Waals surface area contributed by atoms with Crippen molar-refractivity contribution < 1.29 is 5.11 Å². The van der Waals surface area contributed by atoms with Gasteiger partial charge < -0.3 is 5.11 Å². The summed E-state index contributed by atoms with van der Waals surface area (Å²) in [5.74, 6) is 0.131. The second-order valence-corrected chi connectivity index (χ2v) is 3.50. The highest BCUT2D eigenvalue weighted by Gasteiger charge is 2.40. The highest BCUT2D eigenvalue weighted by atomic mass is 16.3. The zero-order valence-corrected chi connectivity index (χ0v) is 7.72. The lowest BCUT2D eigenvalue weighted by atomic mass is 9.78. The molecular formula is C11H12N2O. The Kier molecular flexibility index (Phi) is 2.49. The molecule has 0 saturated carbocycles. The van der Waals surface area contributed by atoms with E-state index in [1.54, 1.807) is 0 Å². The molecule has 1 aliphatic heterocycles. The number of hydrogen-bond acceptors (Lipinski definition) is 3. The molecule has 72 valence electrons. The Morgan fingerprint density at radius 2 is 2.07 bits per heavy atom. The average Bonchev–Trinajstić information content (AvgIpc) is 2.19. The first kappa shape index (κ1) is 9.20. The summed E-state index contributed by atoms with van der Waals surface area (Å²) in [6, 6.07) is 11.9. The lowest BCUT2D eigenvalue weighted by Gasteiger charge is -2.41. The average molecular weight is 188 g/mol. The molecule has 2 N–H and O–H groups in total. The van der Waals surface area contributed by atoms with Gasteiger partial charge in [0.1, 0.15) is 6.04 Å². The van der Waals surface area contributed by atoms with Crippen LogP contribution in [0.25, 0.3) is 0 Å². The molecule has 3 atom stereocenters. The maximum absolute atomic E-state index is 9.06. The highest BCUT2D eigenvalue weighted by molar-refractivity contribution is 5.30. The fourth-order valence-electron chi connectivity index (χ4n) is 1.94. The van der Waals surface area contributed by atoms with E-state index in [1.165, 1.54) is 0 Å². The quantitative estimate of drug-likeness (QED) is 0.715. The van der Waals surface area contributed by atoms with Crippen LogP contribution in [0.5, 0.6) is 0 Å². The van der Waals surface area contributed by atoms with Crippen molar-refractivity contribution in [3.8, 4) is 6.07 Å². The fourth-order valence-corrected chi connectivity index (χ4v) is 1.94. The van der Waals surface area contributed by atoms with Gasteiger partial charge in [0.25, 0.3) is 0 Å². The summed E-state index contributed by atoms with van der Waals surface area (Å²) < 4.78 is 0. The van der Waals surface area contributed by atoms with E-state index >= 15 is 0 Å². The molecule has 1 aromatic carbocycles. The lowest BCUT2D eigenvalue weighted by molar-refractivity contribution is 0.151. The molecule has 1 heterocycles. The molecule has 3 heteroatoms. The number of nitrogens with zero attached hydrogens (tertiary/aromatic N) is 1. The van der Waals surface area contributed by atoms with Crippen molar-refractivity contribution in [1.29, 1.82) is 5.26 Å². The summed E-state index contributed by atoms with van der Waals surface area (Å²) in [5.41, 5.74) is 1.12. The van der Waals surface area contributed by atoms with Crippen molar-refractivity contribution in [3.05, 3.63) is 35.9 Å². The molecule has 3 nitrogen and oxygen atoms in total. The Morgan fingerprint density at radius 1 is 1.36 bits per heavy atom. The van der Waals surface area contributed by atoms with E-state index in [1.807, 2.05) is 30.3 Å². The third kappa shape index (κ3) is 1.39. The van der Waals surface area contributed by atoms with Crippen molar-refractivity contribution in [3.63, 3.8) is 0 Å². The number of benzene rings is 1. The van der Waals surface area contributed by atoms with Crippen molar-refractivity contribution >= 4 is 0 Å². The Hall–Kier alpha value is -1.37. The number of nitrogens with one attached hydrogen (secondary N) is 1. The van der Waals surface area contributed by atoms with Gasteiger partial charge in [0.2, 0.25) is 0 Å². The zero-order valence-electron chi connectivity index (χ0n) is 7.72. The number of hydrogen-bond donors (Lipinski definition) is 2. The molecule has 1 aromatic rings. The maximum atomic E-state index is 9.06. The van der Waals surface area contributed by atoms with Gasteiger partial charge in [0.05, 0.1) is 12.7 Å². The second kappa shape index (κ2) is 3.79. The van der Waals surface area contributed by atoms with Gasteiger partial charge in [-0.15, -0.1) is 0 Å². The van der Waals surface area contributed by atoms with Crippen LogP contribution in [0, 0.1) is 11.3 Å². The monoisotopic (exact) mass is 188 g/mol.